The zero-order valence-electron chi connectivity index (χ0n) is 9.14. The summed E-state index contributed by atoms with van der Waals surface area (Å²) in [5, 5.41) is 18.0. The van der Waals surface area contributed by atoms with Gasteiger partial charge in [-0.05, 0) is 11.5 Å². The number of carbonyl (C=O) groups excluding carboxylic acids is 1. The van der Waals surface area contributed by atoms with Gasteiger partial charge in [0.2, 0.25) is 0 Å². The topological polar surface area (TPSA) is 76.0 Å². The summed E-state index contributed by atoms with van der Waals surface area (Å²) in [6.45, 7) is 0. The third-order valence-corrected chi connectivity index (χ3v) is 2.17. The number of hydrogen-bond donors (Lipinski definition) is 2. The molecule has 0 radical (unpaired) electrons. The van der Waals surface area contributed by atoms with Gasteiger partial charge in [0.15, 0.2) is 0 Å². The first kappa shape index (κ1) is 12.5. The van der Waals surface area contributed by atoms with Gasteiger partial charge in [-0.2, -0.15) is 0 Å². The molecule has 0 heterocycles. The van der Waals surface area contributed by atoms with Gasteiger partial charge in [0.1, 0.15) is 5.75 Å². The lowest BCUT2D eigenvalue weighted by molar-refractivity contribution is -0.139. The van der Waals surface area contributed by atoms with Crippen LogP contribution >= 0.6 is 0 Å². The highest BCUT2D eigenvalue weighted by molar-refractivity contribution is 6.58. The number of hydrogen-bond acceptors (Lipinski definition) is 5. The Morgan fingerprint density at radius 3 is 2.56 bits per heavy atom. The molecule has 0 aliphatic carbocycles. The maximum atomic E-state index is 11.1. The highest BCUT2D eigenvalue weighted by Gasteiger charge is 2.15. The maximum absolute atomic E-state index is 11.1. The molecule has 0 aromatic heterocycles. The Bertz CT molecular complexity index is 377. The van der Waals surface area contributed by atoms with Crippen LogP contribution in [0.4, 0.5) is 0 Å². The van der Waals surface area contributed by atoms with Gasteiger partial charge in [-0.1, -0.05) is 12.1 Å². The highest BCUT2D eigenvalue weighted by atomic mass is 16.5. The summed E-state index contributed by atoms with van der Waals surface area (Å²) in [5.74, 6) is 0.0951. The molecule has 0 amide bonds. The zero-order chi connectivity index (χ0) is 12.1. The van der Waals surface area contributed by atoms with E-state index < -0.39 is 13.1 Å². The summed E-state index contributed by atoms with van der Waals surface area (Å²) < 4.78 is 9.59. The van der Waals surface area contributed by atoms with Crippen molar-refractivity contribution in [1.29, 1.82) is 0 Å². The minimum atomic E-state index is -1.57. The fourth-order valence-corrected chi connectivity index (χ4v) is 1.32. The predicted octanol–water partition coefficient (Wildman–Crippen LogP) is -0.910. The molecule has 86 valence electrons. The van der Waals surface area contributed by atoms with Crippen LogP contribution in [0.1, 0.15) is 5.56 Å². The van der Waals surface area contributed by atoms with Gasteiger partial charge >= 0.3 is 13.1 Å². The van der Waals surface area contributed by atoms with Gasteiger partial charge in [0, 0.05) is 5.56 Å². The van der Waals surface area contributed by atoms with Crippen LogP contribution in [0, 0.1) is 0 Å². The number of rotatable bonds is 4. The quantitative estimate of drug-likeness (QED) is 0.511. The van der Waals surface area contributed by atoms with Crippen molar-refractivity contribution in [2.45, 2.75) is 6.42 Å². The number of methoxy groups -OCH3 is 2. The van der Waals surface area contributed by atoms with E-state index in [9.17, 15) is 4.79 Å². The zero-order valence-corrected chi connectivity index (χ0v) is 9.14. The Hall–Kier alpha value is -1.53. The number of carbonyl (C=O) groups is 1. The Balaban J connectivity index is 3.02. The van der Waals surface area contributed by atoms with E-state index in [2.05, 4.69) is 4.74 Å². The van der Waals surface area contributed by atoms with Gasteiger partial charge in [0.25, 0.3) is 0 Å². The molecule has 0 spiro atoms. The summed E-state index contributed by atoms with van der Waals surface area (Å²) >= 11 is 0. The SMILES string of the molecule is COC(=O)Cc1cc(B(O)O)ccc1OC. The molecule has 5 nitrogen and oxygen atoms in total. The second kappa shape index (κ2) is 5.53. The molecule has 0 saturated heterocycles. The average Bonchev–Trinajstić information content (AvgIpc) is 2.28. The fraction of sp³-hybridized carbons (Fsp3) is 0.300. The number of benzene rings is 1. The van der Waals surface area contributed by atoms with Crippen molar-refractivity contribution in [3.05, 3.63) is 23.8 Å². The molecule has 0 atom stereocenters. The lowest BCUT2D eigenvalue weighted by Crippen LogP contribution is -2.30. The molecule has 16 heavy (non-hydrogen) atoms. The molecule has 0 bridgehead atoms. The molecule has 0 aliphatic heterocycles. The smallest absolute Gasteiger partial charge is 0.488 e. The van der Waals surface area contributed by atoms with Crippen molar-refractivity contribution in [3.8, 4) is 5.75 Å². The van der Waals surface area contributed by atoms with Crippen LogP contribution in [0.3, 0.4) is 0 Å². The molecule has 0 unspecified atom stereocenters. The van der Waals surface area contributed by atoms with Crippen molar-refractivity contribution in [1.82, 2.24) is 0 Å². The highest BCUT2D eigenvalue weighted by Crippen LogP contribution is 2.17. The van der Waals surface area contributed by atoms with Crippen molar-refractivity contribution >= 4 is 18.6 Å². The van der Waals surface area contributed by atoms with Crippen LogP contribution < -0.4 is 10.2 Å². The Morgan fingerprint density at radius 1 is 1.38 bits per heavy atom. The Kier molecular flexibility index (Phi) is 4.33. The van der Waals surface area contributed by atoms with E-state index in [1.807, 2.05) is 0 Å². The molecule has 1 aromatic carbocycles. The van der Waals surface area contributed by atoms with Crippen molar-refractivity contribution < 1.29 is 24.3 Å². The Labute approximate surface area is 93.8 Å². The van der Waals surface area contributed by atoms with Crippen molar-refractivity contribution in [3.63, 3.8) is 0 Å². The van der Waals surface area contributed by atoms with Crippen LogP contribution in [0.2, 0.25) is 0 Å². The van der Waals surface area contributed by atoms with Gasteiger partial charge in [-0.15, -0.1) is 0 Å². The van der Waals surface area contributed by atoms with E-state index in [0.717, 1.165) is 0 Å². The van der Waals surface area contributed by atoms with E-state index in [0.29, 0.717) is 16.8 Å². The summed E-state index contributed by atoms with van der Waals surface area (Å²) in [5.41, 5.74) is 0.861. The van der Waals surface area contributed by atoms with Crippen molar-refractivity contribution in [2.24, 2.45) is 0 Å². The van der Waals surface area contributed by atoms with Crippen LogP contribution in [0.25, 0.3) is 0 Å². The molecule has 0 aliphatic rings. The lowest BCUT2D eigenvalue weighted by Gasteiger charge is -2.09. The van der Waals surface area contributed by atoms with E-state index >= 15 is 0 Å². The first-order chi connectivity index (χ1) is 7.58. The third kappa shape index (κ3) is 2.98. The summed E-state index contributed by atoms with van der Waals surface area (Å²) in [6.07, 6.45) is 0.0280. The van der Waals surface area contributed by atoms with Gasteiger partial charge in [-0.3, -0.25) is 4.79 Å². The van der Waals surface area contributed by atoms with Crippen LogP contribution in [-0.4, -0.2) is 37.4 Å². The molecular weight excluding hydrogens is 211 g/mol. The summed E-state index contributed by atoms with van der Waals surface area (Å²) in [4.78, 5) is 11.1. The van der Waals surface area contributed by atoms with Gasteiger partial charge < -0.3 is 19.5 Å². The van der Waals surface area contributed by atoms with Crippen LogP contribution in [0.15, 0.2) is 18.2 Å². The second-order valence-electron chi connectivity index (χ2n) is 3.20. The molecular formula is C10H13BO5. The molecule has 0 saturated carbocycles. The van der Waals surface area contributed by atoms with Gasteiger partial charge in [-0.25, -0.2) is 0 Å². The monoisotopic (exact) mass is 224 g/mol. The van der Waals surface area contributed by atoms with E-state index in [4.69, 9.17) is 14.8 Å². The van der Waals surface area contributed by atoms with E-state index in [1.165, 1.54) is 26.4 Å². The van der Waals surface area contributed by atoms with Crippen molar-refractivity contribution in [2.75, 3.05) is 14.2 Å². The summed E-state index contributed by atoms with van der Waals surface area (Å²) in [6, 6.07) is 4.59. The van der Waals surface area contributed by atoms with E-state index in [1.54, 1.807) is 6.07 Å². The number of ether oxygens (including phenoxy) is 2. The average molecular weight is 224 g/mol. The van der Waals surface area contributed by atoms with Crippen LogP contribution in [-0.2, 0) is 16.0 Å². The largest absolute Gasteiger partial charge is 0.496 e. The predicted molar refractivity (Wildman–Crippen MR) is 58.5 cm³/mol. The second-order valence-corrected chi connectivity index (χ2v) is 3.20. The standard InChI is InChI=1S/C10H13BO5/c1-15-9-4-3-8(11(13)14)5-7(9)6-10(12)16-2/h3-5,13-14H,6H2,1-2H3. The molecule has 1 aromatic rings. The third-order valence-electron chi connectivity index (χ3n) is 2.17. The molecule has 6 heteroatoms. The molecule has 2 N–H and O–H groups in total. The first-order valence-electron chi connectivity index (χ1n) is 4.68. The normalized spacial score (nSPS) is 9.75. The van der Waals surface area contributed by atoms with Gasteiger partial charge in [0.05, 0.1) is 20.6 Å². The lowest BCUT2D eigenvalue weighted by atomic mass is 9.79. The number of esters is 1. The molecule has 1 rings (SSSR count). The summed E-state index contributed by atoms with van der Waals surface area (Å²) in [7, 11) is 1.20. The molecule has 0 fully saturated rings. The minimum Gasteiger partial charge on any atom is -0.496 e. The van der Waals surface area contributed by atoms with Crippen LogP contribution in [0.5, 0.6) is 5.75 Å². The maximum Gasteiger partial charge on any atom is 0.488 e. The van der Waals surface area contributed by atoms with E-state index in [-0.39, 0.29) is 6.42 Å². The first-order valence-corrected chi connectivity index (χ1v) is 4.68. The Morgan fingerprint density at radius 2 is 2.06 bits per heavy atom. The fourth-order valence-electron chi connectivity index (χ4n) is 1.32. The minimum absolute atomic E-state index is 0.0280.